The second-order valence-electron chi connectivity index (χ2n) is 3.02. The number of halogens is 1. The molecule has 16 heavy (non-hydrogen) atoms. The summed E-state index contributed by atoms with van der Waals surface area (Å²) in [5, 5.41) is 0. The van der Waals surface area contributed by atoms with E-state index in [0.717, 1.165) is 6.42 Å². The summed E-state index contributed by atoms with van der Waals surface area (Å²) in [5.74, 6) is 0. The summed E-state index contributed by atoms with van der Waals surface area (Å²) in [6.07, 6.45) is 1.20. The first-order valence-corrected chi connectivity index (χ1v) is 5.29. The zero-order chi connectivity index (χ0) is 12.2. The van der Waals surface area contributed by atoms with Gasteiger partial charge in [-0.3, -0.25) is 0 Å². The predicted molar refractivity (Wildman–Crippen MR) is 62.6 cm³/mol. The lowest BCUT2D eigenvalue weighted by atomic mass is 10.3. The Labute approximate surface area is 95.5 Å². The minimum absolute atomic E-state index is 0.0695. The summed E-state index contributed by atoms with van der Waals surface area (Å²) >= 11 is 0. The van der Waals surface area contributed by atoms with Crippen LogP contribution >= 0.6 is 0 Å². The van der Waals surface area contributed by atoms with Crippen molar-refractivity contribution < 1.29 is 13.9 Å². The number of ether oxygens (including phenoxy) is 2. The van der Waals surface area contributed by atoms with E-state index in [9.17, 15) is 4.39 Å². The maximum Gasteiger partial charge on any atom is 0.312 e. The van der Waals surface area contributed by atoms with Crippen LogP contribution in [0.25, 0.3) is 0 Å². The second kappa shape index (κ2) is 10.5. The summed E-state index contributed by atoms with van der Waals surface area (Å²) in [4.78, 5) is 7.58. The van der Waals surface area contributed by atoms with Crippen LogP contribution in [0.2, 0.25) is 0 Å². The van der Waals surface area contributed by atoms with Gasteiger partial charge in [0.15, 0.2) is 0 Å². The molecule has 0 amide bonds. The van der Waals surface area contributed by atoms with Crippen LogP contribution in [0.15, 0.2) is 9.98 Å². The molecular weight excluding hydrogens is 213 g/mol. The van der Waals surface area contributed by atoms with E-state index >= 15 is 0 Å². The van der Waals surface area contributed by atoms with E-state index in [4.69, 9.17) is 15.2 Å². The van der Waals surface area contributed by atoms with Crippen molar-refractivity contribution in [3.63, 3.8) is 0 Å². The number of aliphatic imine (C=N–C) groups is 2. The number of rotatable bonds is 7. The van der Waals surface area contributed by atoms with Crippen molar-refractivity contribution >= 4 is 12.2 Å². The van der Waals surface area contributed by atoms with Gasteiger partial charge in [-0.2, -0.15) is 0 Å². The molecular formula is C10H20FN3O2. The molecule has 0 saturated heterocycles. The van der Waals surface area contributed by atoms with Crippen molar-refractivity contribution in [1.29, 1.82) is 0 Å². The van der Waals surface area contributed by atoms with Crippen LogP contribution in [-0.2, 0) is 9.47 Å². The van der Waals surface area contributed by atoms with E-state index in [1.807, 2.05) is 0 Å². The highest BCUT2D eigenvalue weighted by Crippen LogP contribution is 1.94. The van der Waals surface area contributed by atoms with E-state index < -0.39 is 6.17 Å². The first-order valence-electron chi connectivity index (χ1n) is 5.29. The van der Waals surface area contributed by atoms with Crippen molar-refractivity contribution in [3.05, 3.63) is 0 Å². The van der Waals surface area contributed by atoms with E-state index in [1.54, 1.807) is 14.0 Å². The average Bonchev–Trinajstić information content (AvgIpc) is 2.30. The SMILES string of the molecule is CC[C@@H](F)C=NC(=NCN)OCCCOC. The van der Waals surface area contributed by atoms with Crippen LogP contribution in [0.5, 0.6) is 0 Å². The average molecular weight is 233 g/mol. The minimum Gasteiger partial charge on any atom is -0.464 e. The molecule has 0 rings (SSSR count). The monoisotopic (exact) mass is 233 g/mol. The molecule has 0 unspecified atom stereocenters. The lowest BCUT2D eigenvalue weighted by molar-refractivity contribution is 0.168. The van der Waals surface area contributed by atoms with Crippen LogP contribution in [0.4, 0.5) is 4.39 Å². The number of hydrogen-bond donors (Lipinski definition) is 1. The van der Waals surface area contributed by atoms with Gasteiger partial charge in [-0.1, -0.05) is 6.92 Å². The molecule has 0 aromatic heterocycles. The van der Waals surface area contributed by atoms with E-state index in [2.05, 4.69) is 9.98 Å². The van der Waals surface area contributed by atoms with Crippen molar-refractivity contribution in [3.8, 4) is 0 Å². The van der Waals surface area contributed by atoms with Crippen molar-refractivity contribution in [2.24, 2.45) is 15.7 Å². The molecule has 6 heteroatoms. The molecule has 0 bridgehead atoms. The van der Waals surface area contributed by atoms with Gasteiger partial charge >= 0.3 is 6.02 Å². The summed E-state index contributed by atoms with van der Waals surface area (Å²) in [6, 6.07) is 0.120. The Kier molecular flexibility index (Phi) is 9.84. The molecule has 0 aliphatic rings. The third kappa shape index (κ3) is 8.31. The van der Waals surface area contributed by atoms with E-state index in [-0.39, 0.29) is 12.7 Å². The Balaban J connectivity index is 3.98. The fraction of sp³-hybridized carbons (Fsp3) is 0.800. The van der Waals surface area contributed by atoms with Gasteiger partial charge in [0.2, 0.25) is 0 Å². The molecule has 2 N–H and O–H groups in total. The molecule has 0 radical (unpaired) electrons. The fourth-order valence-corrected chi connectivity index (χ4v) is 0.819. The highest BCUT2D eigenvalue weighted by molar-refractivity contribution is 5.84. The molecule has 0 aromatic rings. The largest absolute Gasteiger partial charge is 0.464 e. The Hall–Kier alpha value is -1.01. The number of amidine groups is 1. The lowest BCUT2D eigenvalue weighted by Gasteiger charge is -2.04. The number of alkyl halides is 1. The topological polar surface area (TPSA) is 69.2 Å². The molecule has 0 heterocycles. The Bertz CT molecular complexity index is 222. The minimum atomic E-state index is -1.08. The molecule has 5 nitrogen and oxygen atoms in total. The first-order chi connectivity index (χ1) is 7.74. The second-order valence-corrected chi connectivity index (χ2v) is 3.02. The van der Waals surface area contributed by atoms with Gasteiger partial charge in [-0.25, -0.2) is 14.4 Å². The van der Waals surface area contributed by atoms with Crippen molar-refractivity contribution in [1.82, 2.24) is 0 Å². The van der Waals surface area contributed by atoms with Gasteiger partial charge in [-0.05, 0) is 6.42 Å². The third-order valence-corrected chi connectivity index (χ3v) is 1.69. The Morgan fingerprint density at radius 1 is 1.50 bits per heavy atom. The van der Waals surface area contributed by atoms with Crippen LogP contribution < -0.4 is 5.73 Å². The van der Waals surface area contributed by atoms with Crippen molar-refractivity contribution in [2.45, 2.75) is 25.9 Å². The molecule has 0 aliphatic heterocycles. The van der Waals surface area contributed by atoms with Crippen LogP contribution in [-0.4, -0.2) is 45.4 Å². The van der Waals surface area contributed by atoms with E-state index in [1.165, 1.54) is 6.21 Å². The van der Waals surface area contributed by atoms with Crippen LogP contribution in [0.1, 0.15) is 19.8 Å². The predicted octanol–water partition coefficient (Wildman–Crippen LogP) is 1.13. The summed E-state index contributed by atoms with van der Waals surface area (Å²) in [6.45, 7) is 2.82. The molecule has 0 fully saturated rings. The summed E-state index contributed by atoms with van der Waals surface area (Å²) < 4.78 is 22.9. The van der Waals surface area contributed by atoms with Gasteiger partial charge in [0, 0.05) is 26.4 Å². The molecule has 0 aliphatic carbocycles. The Morgan fingerprint density at radius 2 is 2.25 bits per heavy atom. The highest BCUT2D eigenvalue weighted by atomic mass is 19.1. The first kappa shape index (κ1) is 15.0. The molecule has 94 valence electrons. The molecule has 1 atom stereocenters. The van der Waals surface area contributed by atoms with Gasteiger partial charge in [0.05, 0.1) is 13.3 Å². The van der Waals surface area contributed by atoms with E-state index in [0.29, 0.717) is 19.6 Å². The molecule has 0 aromatic carbocycles. The maximum atomic E-state index is 12.9. The summed E-state index contributed by atoms with van der Waals surface area (Å²) in [7, 11) is 1.61. The number of hydrogen-bond acceptors (Lipinski definition) is 4. The zero-order valence-corrected chi connectivity index (χ0v) is 9.86. The number of methoxy groups -OCH3 is 1. The van der Waals surface area contributed by atoms with Gasteiger partial charge in [0.25, 0.3) is 0 Å². The Morgan fingerprint density at radius 3 is 2.81 bits per heavy atom. The van der Waals surface area contributed by atoms with Crippen LogP contribution in [0.3, 0.4) is 0 Å². The fourth-order valence-electron chi connectivity index (χ4n) is 0.819. The standard InChI is InChI=1S/C10H20FN3O2/c1-3-9(11)7-13-10(14-8-12)16-6-4-5-15-2/h7,9H,3-6,8,12H2,1-2H3/t9-/m1/s1. The lowest BCUT2D eigenvalue weighted by Crippen LogP contribution is -2.10. The van der Waals surface area contributed by atoms with Crippen molar-refractivity contribution in [2.75, 3.05) is 27.0 Å². The normalized spacial score (nSPS) is 14.4. The quantitative estimate of drug-likeness (QED) is 0.407. The zero-order valence-electron chi connectivity index (χ0n) is 9.86. The highest BCUT2D eigenvalue weighted by Gasteiger charge is 2.00. The molecule has 0 spiro atoms. The number of nitrogens with zero attached hydrogens (tertiary/aromatic N) is 2. The summed E-state index contributed by atoms with van der Waals surface area (Å²) in [5.41, 5.74) is 5.24. The molecule has 0 saturated carbocycles. The maximum absolute atomic E-state index is 12.9. The van der Waals surface area contributed by atoms with Crippen LogP contribution in [0, 0.1) is 0 Å². The third-order valence-electron chi connectivity index (χ3n) is 1.69. The number of nitrogens with two attached hydrogens (primary N) is 1. The van der Waals surface area contributed by atoms with Gasteiger partial charge < -0.3 is 15.2 Å². The van der Waals surface area contributed by atoms with Gasteiger partial charge in [0.1, 0.15) is 6.17 Å². The smallest absolute Gasteiger partial charge is 0.312 e. The van der Waals surface area contributed by atoms with Gasteiger partial charge in [-0.15, -0.1) is 0 Å².